The Hall–Kier alpha value is -3.33. The van der Waals surface area contributed by atoms with Gasteiger partial charge < -0.3 is 15.0 Å². The molecule has 2 amide bonds. The highest BCUT2D eigenvalue weighted by atomic mass is 32.1. The van der Waals surface area contributed by atoms with Gasteiger partial charge in [0, 0.05) is 37.7 Å². The molecule has 1 aromatic carbocycles. The molecule has 0 bridgehead atoms. The number of pyridine rings is 1. The van der Waals surface area contributed by atoms with Crippen LogP contribution in [0.5, 0.6) is 5.75 Å². The van der Waals surface area contributed by atoms with Gasteiger partial charge in [-0.25, -0.2) is 0 Å². The Bertz CT molecular complexity index is 989. The molecule has 9 heteroatoms. The largest absolute Gasteiger partial charge is 0.490 e. The second-order valence-electron chi connectivity index (χ2n) is 6.93. The summed E-state index contributed by atoms with van der Waals surface area (Å²) >= 11 is 1.03. The van der Waals surface area contributed by atoms with Gasteiger partial charge in [0.1, 0.15) is 11.9 Å². The molecule has 1 saturated heterocycles. The van der Waals surface area contributed by atoms with Crippen LogP contribution in [0.25, 0.3) is 0 Å². The molecule has 0 spiro atoms. The number of likely N-dealkylation sites (tertiary alicyclic amines) is 1. The Labute approximate surface area is 178 Å². The third-order valence-electron chi connectivity index (χ3n) is 4.86. The Kier molecular flexibility index (Phi) is 6.29. The van der Waals surface area contributed by atoms with Gasteiger partial charge in [-0.3, -0.25) is 14.6 Å². The molecule has 2 aromatic heterocycles. The summed E-state index contributed by atoms with van der Waals surface area (Å²) in [6.07, 6.45) is 4.64. The third kappa shape index (κ3) is 4.98. The molecule has 0 saturated carbocycles. The second-order valence-corrected chi connectivity index (χ2v) is 7.49. The van der Waals surface area contributed by atoms with E-state index in [1.807, 2.05) is 24.3 Å². The first-order valence-corrected chi connectivity index (χ1v) is 10.4. The molecule has 1 aliphatic heterocycles. The molecular formula is C21H21N5O3S. The number of nitrogens with zero attached hydrogens (tertiary/aromatic N) is 4. The van der Waals surface area contributed by atoms with Crippen LogP contribution in [0.4, 0.5) is 0 Å². The molecule has 0 radical (unpaired) electrons. The smallest absolute Gasteiger partial charge is 0.275 e. The molecule has 3 heterocycles. The topological polar surface area (TPSA) is 97.3 Å². The Balaban J connectivity index is 1.29. The number of aromatic nitrogens is 3. The van der Waals surface area contributed by atoms with Crippen LogP contribution in [-0.2, 0) is 6.54 Å². The fourth-order valence-corrected chi connectivity index (χ4v) is 3.68. The molecule has 1 aliphatic rings. The summed E-state index contributed by atoms with van der Waals surface area (Å²) in [4.78, 5) is 30.8. The Morgan fingerprint density at radius 3 is 2.77 bits per heavy atom. The number of hydrogen-bond acceptors (Lipinski definition) is 7. The lowest BCUT2D eigenvalue weighted by molar-refractivity contribution is 0.0590. The van der Waals surface area contributed by atoms with Crippen molar-refractivity contribution in [1.82, 2.24) is 23.9 Å². The quantitative estimate of drug-likeness (QED) is 0.654. The highest BCUT2D eigenvalue weighted by molar-refractivity contribution is 6.99. The van der Waals surface area contributed by atoms with Crippen molar-refractivity contribution in [2.75, 3.05) is 13.1 Å². The number of rotatable bonds is 6. The number of nitrogens with one attached hydrogen (secondary N) is 1. The van der Waals surface area contributed by atoms with Gasteiger partial charge in [0.05, 0.1) is 30.2 Å². The van der Waals surface area contributed by atoms with Crippen LogP contribution in [-0.4, -0.2) is 49.6 Å². The minimum Gasteiger partial charge on any atom is -0.490 e. The van der Waals surface area contributed by atoms with Crippen LogP contribution in [0.1, 0.15) is 39.4 Å². The van der Waals surface area contributed by atoms with Crippen LogP contribution >= 0.6 is 11.7 Å². The lowest BCUT2D eigenvalue weighted by Crippen LogP contribution is -2.41. The van der Waals surface area contributed by atoms with Crippen LogP contribution in [0.15, 0.2) is 54.9 Å². The standard InChI is InChI=1S/C21H21N5O3S/c27-20(23-13-16-5-1-2-9-22-16)15-4-3-6-18(12-15)29-17-7-10-26(11-8-17)21(28)19-14-24-30-25-19/h1-6,9,12,14,17H,7-8,10-11,13H2,(H,23,27). The SMILES string of the molecule is O=C(NCc1ccccn1)c1cccc(OC2CCN(C(=O)c3cnsn3)CC2)c1. The summed E-state index contributed by atoms with van der Waals surface area (Å²) in [5, 5.41) is 2.87. The van der Waals surface area contributed by atoms with Crippen LogP contribution in [0.2, 0.25) is 0 Å². The lowest BCUT2D eigenvalue weighted by Gasteiger charge is -2.31. The predicted molar refractivity (Wildman–Crippen MR) is 111 cm³/mol. The van der Waals surface area contributed by atoms with Crippen molar-refractivity contribution in [2.45, 2.75) is 25.5 Å². The molecule has 3 aromatic rings. The minimum atomic E-state index is -0.177. The number of piperidine rings is 1. The van der Waals surface area contributed by atoms with Crippen LogP contribution in [0, 0.1) is 0 Å². The zero-order valence-corrected chi connectivity index (χ0v) is 17.0. The fraction of sp³-hybridized carbons (Fsp3) is 0.286. The number of benzene rings is 1. The molecule has 30 heavy (non-hydrogen) atoms. The Morgan fingerprint density at radius 2 is 2.03 bits per heavy atom. The summed E-state index contributed by atoms with van der Waals surface area (Å²) in [5.74, 6) is 0.381. The average Bonchev–Trinajstić information content (AvgIpc) is 3.33. The van der Waals surface area contributed by atoms with Crippen molar-refractivity contribution >= 4 is 23.5 Å². The lowest BCUT2D eigenvalue weighted by atomic mass is 10.1. The number of hydrogen-bond donors (Lipinski definition) is 1. The van der Waals surface area contributed by atoms with E-state index in [9.17, 15) is 9.59 Å². The normalized spacial score (nSPS) is 14.3. The first-order chi connectivity index (χ1) is 14.7. The molecule has 0 aliphatic carbocycles. The van der Waals surface area contributed by atoms with E-state index in [0.717, 1.165) is 30.3 Å². The van der Waals surface area contributed by atoms with Crippen molar-refractivity contribution in [2.24, 2.45) is 0 Å². The maximum Gasteiger partial charge on any atom is 0.275 e. The van der Waals surface area contributed by atoms with Gasteiger partial charge in [-0.05, 0) is 30.3 Å². The van der Waals surface area contributed by atoms with E-state index in [4.69, 9.17) is 4.74 Å². The molecule has 1 fully saturated rings. The predicted octanol–water partition coefficient (Wildman–Crippen LogP) is 2.55. The summed E-state index contributed by atoms with van der Waals surface area (Å²) in [6, 6.07) is 12.7. The van der Waals surface area contributed by atoms with E-state index in [2.05, 4.69) is 19.0 Å². The summed E-state index contributed by atoms with van der Waals surface area (Å²) < 4.78 is 14.0. The van der Waals surface area contributed by atoms with Crippen molar-refractivity contribution < 1.29 is 14.3 Å². The third-order valence-corrected chi connectivity index (χ3v) is 5.34. The maximum absolute atomic E-state index is 12.4. The van der Waals surface area contributed by atoms with E-state index >= 15 is 0 Å². The maximum atomic E-state index is 12.4. The number of carbonyl (C=O) groups is 2. The van der Waals surface area contributed by atoms with Gasteiger partial charge in [0.15, 0.2) is 5.69 Å². The number of carbonyl (C=O) groups excluding carboxylic acids is 2. The first-order valence-electron chi connectivity index (χ1n) is 9.71. The van der Waals surface area contributed by atoms with Gasteiger partial charge in [-0.2, -0.15) is 8.75 Å². The highest BCUT2D eigenvalue weighted by Gasteiger charge is 2.26. The molecule has 1 N–H and O–H groups in total. The minimum absolute atomic E-state index is 0.00515. The highest BCUT2D eigenvalue weighted by Crippen LogP contribution is 2.21. The van der Waals surface area contributed by atoms with E-state index in [0.29, 0.717) is 36.6 Å². The summed E-state index contributed by atoms with van der Waals surface area (Å²) in [7, 11) is 0. The molecule has 154 valence electrons. The zero-order chi connectivity index (χ0) is 20.8. The fourth-order valence-electron chi connectivity index (χ4n) is 3.28. The number of ether oxygens (including phenoxy) is 1. The molecular weight excluding hydrogens is 402 g/mol. The first kappa shape index (κ1) is 20.0. The van der Waals surface area contributed by atoms with Crippen LogP contribution < -0.4 is 10.1 Å². The molecule has 8 nitrogen and oxygen atoms in total. The van der Waals surface area contributed by atoms with Crippen LogP contribution in [0.3, 0.4) is 0 Å². The van der Waals surface area contributed by atoms with Gasteiger partial charge in [-0.15, -0.1) is 0 Å². The van der Waals surface area contributed by atoms with Crippen molar-refractivity contribution in [3.63, 3.8) is 0 Å². The van der Waals surface area contributed by atoms with Gasteiger partial charge >= 0.3 is 0 Å². The average molecular weight is 423 g/mol. The second kappa shape index (κ2) is 9.45. The van der Waals surface area contributed by atoms with Crippen molar-refractivity contribution in [1.29, 1.82) is 0 Å². The monoisotopic (exact) mass is 423 g/mol. The van der Waals surface area contributed by atoms with Crippen molar-refractivity contribution in [3.05, 3.63) is 71.8 Å². The Morgan fingerprint density at radius 1 is 1.17 bits per heavy atom. The molecule has 4 rings (SSSR count). The summed E-state index contributed by atoms with van der Waals surface area (Å²) in [5.41, 5.74) is 1.73. The van der Waals surface area contributed by atoms with Gasteiger partial charge in [-0.1, -0.05) is 12.1 Å². The van der Waals surface area contributed by atoms with Gasteiger partial charge in [0.25, 0.3) is 11.8 Å². The van der Waals surface area contributed by atoms with E-state index < -0.39 is 0 Å². The molecule has 0 unspecified atom stereocenters. The van der Waals surface area contributed by atoms with Gasteiger partial charge in [0.2, 0.25) is 0 Å². The van der Waals surface area contributed by atoms with E-state index in [-0.39, 0.29) is 17.9 Å². The van der Waals surface area contributed by atoms with Crippen molar-refractivity contribution in [3.8, 4) is 5.75 Å². The summed E-state index contributed by atoms with van der Waals surface area (Å²) in [6.45, 7) is 1.57. The van der Waals surface area contributed by atoms with E-state index in [1.54, 1.807) is 29.3 Å². The number of amides is 2. The molecule has 0 atom stereocenters. The van der Waals surface area contributed by atoms with E-state index in [1.165, 1.54) is 6.20 Å². The zero-order valence-electron chi connectivity index (χ0n) is 16.2.